The molecule has 0 bridgehead atoms. The number of aryl methyl sites for hydroxylation is 1. The van der Waals surface area contributed by atoms with E-state index in [-0.39, 0.29) is 30.1 Å². The number of hydrogen-bond acceptors (Lipinski definition) is 7. The van der Waals surface area contributed by atoms with Crippen molar-refractivity contribution >= 4 is 23.0 Å². The molecule has 2 aromatic rings. The summed E-state index contributed by atoms with van der Waals surface area (Å²) in [7, 11) is 0. The SMILES string of the molecule is Cc1cccc(C(Oc2ccc(O)c(C(=O)O)c2)C(=O)OCCCS(=O)[O-])c1. The molecule has 8 nitrogen and oxygen atoms in total. The van der Waals surface area contributed by atoms with Gasteiger partial charge in [0, 0.05) is 11.3 Å². The molecule has 2 rings (SSSR count). The van der Waals surface area contributed by atoms with Crippen molar-refractivity contribution in [3.05, 3.63) is 59.2 Å². The lowest BCUT2D eigenvalue weighted by Gasteiger charge is -2.19. The molecule has 0 spiro atoms. The Morgan fingerprint density at radius 1 is 1.21 bits per heavy atom. The predicted octanol–water partition coefficient (Wildman–Crippen LogP) is 2.33. The van der Waals surface area contributed by atoms with Crippen LogP contribution in [0.25, 0.3) is 0 Å². The van der Waals surface area contributed by atoms with Crippen molar-refractivity contribution in [1.82, 2.24) is 0 Å². The largest absolute Gasteiger partial charge is 0.772 e. The molecule has 0 aliphatic carbocycles. The number of aromatic hydroxyl groups is 1. The molecule has 0 saturated carbocycles. The van der Waals surface area contributed by atoms with Gasteiger partial charge in [-0.25, -0.2) is 9.59 Å². The first-order valence-corrected chi connectivity index (χ1v) is 9.54. The van der Waals surface area contributed by atoms with E-state index in [1.54, 1.807) is 18.2 Å². The number of phenols is 1. The van der Waals surface area contributed by atoms with Crippen molar-refractivity contribution in [2.75, 3.05) is 12.4 Å². The zero-order chi connectivity index (χ0) is 20.7. The third kappa shape index (κ3) is 6.07. The minimum atomic E-state index is -2.22. The van der Waals surface area contributed by atoms with Gasteiger partial charge in [0.05, 0.1) is 6.61 Å². The van der Waals surface area contributed by atoms with Gasteiger partial charge in [-0.3, -0.25) is 4.21 Å². The lowest BCUT2D eigenvalue weighted by molar-refractivity contribution is -0.152. The van der Waals surface area contributed by atoms with Gasteiger partial charge < -0.3 is 24.2 Å². The van der Waals surface area contributed by atoms with Gasteiger partial charge >= 0.3 is 11.9 Å². The number of ether oxygens (including phenoxy) is 2. The molecule has 0 heterocycles. The number of benzene rings is 2. The van der Waals surface area contributed by atoms with Gasteiger partial charge in [0.2, 0.25) is 6.10 Å². The van der Waals surface area contributed by atoms with Crippen LogP contribution in [0.15, 0.2) is 42.5 Å². The van der Waals surface area contributed by atoms with Crippen molar-refractivity contribution < 1.29 is 38.0 Å². The maximum atomic E-state index is 12.5. The summed E-state index contributed by atoms with van der Waals surface area (Å²) < 4.78 is 31.9. The molecule has 28 heavy (non-hydrogen) atoms. The second kappa shape index (κ2) is 9.86. The number of carboxylic acids is 1. The first kappa shape index (κ1) is 21.4. The van der Waals surface area contributed by atoms with Crippen LogP contribution in [0.1, 0.15) is 34.0 Å². The summed E-state index contributed by atoms with van der Waals surface area (Å²) in [5, 5.41) is 18.7. The normalized spacial score (nSPS) is 12.8. The number of aromatic carboxylic acids is 1. The van der Waals surface area contributed by atoms with Gasteiger partial charge in [-0.05, 0) is 31.5 Å². The van der Waals surface area contributed by atoms with Crippen LogP contribution in [-0.4, -0.2) is 43.3 Å². The molecule has 2 aromatic carbocycles. The average molecular weight is 407 g/mol. The van der Waals surface area contributed by atoms with Gasteiger partial charge in [-0.2, -0.15) is 0 Å². The highest BCUT2D eigenvalue weighted by Crippen LogP contribution is 2.28. The Morgan fingerprint density at radius 3 is 2.61 bits per heavy atom. The molecule has 0 amide bonds. The fourth-order valence-corrected chi connectivity index (χ4v) is 2.76. The molecule has 0 saturated heterocycles. The van der Waals surface area contributed by atoms with E-state index in [4.69, 9.17) is 14.6 Å². The topological polar surface area (TPSA) is 133 Å². The van der Waals surface area contributed by atoms with E-state index in [1.807, 2.05) is 13.0 Å². The van der Waals surface area contributed by atoms with E-state index in [9.17, 15) is 23.5 Å². The van der Waals surface area contributed by atoms with Crippen LogP contribution in [0.4, 0.5) is 0 Å². The fourth-order valence-electron chi connectivity index (χ4n) is 2.41. The zero-order valence-corrected chi connectivity index (χ0v) is 15.8. The van der Waals surface area contributed by atoms with Crippen LogP contribution in [0.2, 0.25) is 0 Å². The lowest BCUT2D eigenvalue weighted by atomic mass is 10.1. The maximum absolute atomic E-state index is 12.5. The second-order valence-electron chi connectivity index (χ2n) is 5.93. The number of hydrogen-bond donors (Lipinski definition) is 2. The van der Waals surface area contributed by atoms with Gasteiger partial charge in [-0.1, -0.05) is 40.9 Å². The molecule has 0 fully saturated rings. The minimum absolute atomic E-state index is 0.0549. The van der Waals surface area contributed by atoms with Gasteiger partial charge in [0.1, 0.15) is 17.1 Å². The van der Waals surface area contributed by atoms with E-state index in [2.05, 4.69) is 0 Å². The third-order valence-electron chi connectivity index (χ3n) is 3.71. The van der Waals surface area contributed by atoms with Crippen molar-refractivity contribution in [3.63, 3.8) is 0 Å². The van der Waals surface area contributed by atoms with Gasteiger partial charge in [-0.15, -0.1) is 0 Å². The zero-order valence-electron chi connectivity index (χ0n) is 15.0. The van der Waals surface area contributed by atoms with Gasteiger partial charge in [0.25, 0.3) is 0 Å². The van der Waals surface area contributed by atoms with Gasteiger partial charge in [0.15, 0.2) is 0 Å². The Hall–Kier alpha value is -2.91. The number of carbonyl (C=O) groups is 2. The smallest absolute Gasteiger partial charge is 0.352 e. The summed E-state index contributed by atoms with van der Waals surface area (Å²) in [4.78, 5) is 23.7. The first-order chi connectivity index (χ1) is 13.3. The molecular formula is C19H19O8S-. The first-order valence-electron chi connectivity index (χ1n) is 8.30. The van der Waals surface area contributed by atoms with Crippen LogP contribution in [0.5, 0.6) is 11.5 Å². The Morgan fingerprint density at radius 2 is 1.96 bits per heavy atom. The Labute approximate surface area is 164 Å². The molecule has 0 aliphatic heterocycles. The molecule has 2 N–H and O–H groups in total. The highest BCUT2D eigenvalue weighted by Gasteiger charge is 2.25. The second-order valence-corrected chi connectivity index (χ2v) is 6.94. The van der Waals surface area contributed by atoms with Crippen molar-refractivity contribution in [1.29, 1.82) is 0 Å². The molecule has 2 unspecified atom stereocenters. The Kier molecular flexibility index (Phi) is 7.53. The van der Waals surface area contributed by atoms with Crippen LogP contribution in [0, 0.1) is 6.92 Å². The highest BCUT2D eigenvalue weighted by atomic mass is 32.2. The van der Waals surface area contributed by atoms with Crippen LogP contribution in [-0.2, 0) is 20.6 Å². The monoisotopic (exact) mass is 407 g/mol. The Bertz CT molecular complexity index is 880. The summed E-state index contributed by atoms with van der Waals surface area (Å²) in [5.74, 6) is -2.60. The Balaban J connectivity index is 2.24. The van der Waals surface area contributed by atoms with Crippen LogP contribution >= 0.6 is 0 Å². The summed E-state index contributed by atoms with van der Waals surface area (Å²) in [6, 6.07) is 10.5. The van der Waals surface area contributed by atoms with E-state index >= 15 is 0 Å². The van der Waals surface area contributed by atoms with Crippen molar-refractivity contribution in [2.45, 2.75) is 19.4 Å². The van der Waals surface area contributed by atoms with E-state index in [0.29, 0.717) is 5.56 Å². The molecule has 0 radical (unpaired) electrons. The third-order valence-corrected chi connectivity index (χ3v) is 4.33. The molecular weight excluding hydrogens is 388 g/mol. The number of esters is 1. The van der Waals surface area contributed by atoms with E-state index in [1.165, 1.54) is 6.07 Å². The number of carboxylic acid groups (broad SMARTS) is 1. The van der Waals surface area contributed by atoms with Crippen LogP contribution < -0.4 is 4.74 Å². The molecule has 9 heteroatoms. The number of rotatable bonds is 9. The molecule has 2 atom stereocenters. The summed E-state index contributed by atoms with van der Waals surface area (Å²) in [6.07, 6.45) is -1.05. The molecule has 0 aromatic heterocycles. The van der Waals surface area contributed by atoms with Crippen molar-refractivity contribution in [3.8, 4) is 11.5 Å². The lowest BCUT2D eigenvalue weighted by Crippen LogP contribution is -2.22. The summed E-state index contributed by atoms with van der Waals surface area (Å²) >= 11 is -2.22. The standard InChI is InChI=1S/C19H20O8S/c1-12-4-2-5-13(10-12)17(19(23)26-8-3-9-28(24)25)27-14-6-7-16(20)15(11-14)18(21)22/h2,4-7,10-11,17,20H,3,8-9H2,1H3,(H,21,22)(H,24,25)/p-1. The quantitative estimate of drug-likeness (QED) is 0.368. The number of carbonyl (C=O) groups excluding carboxylic acids is 1. The molecule has 150 valence electrons. The van der Waals surface area contributed by atoms with Crippen LogP contribution in [0.3, 0.4) is 0 Å². The van der Waals surface area contributed by atoms with E-state index < -0.39 is 34.9 Å². The predicted molar refractivity (Wildman–Crippen MR) is 99.0 cm³/mol. The maximum Gasteiger partial charge on any atom is 0.352 e. The van der Waals surface area contributed by atoms with E-state index in [0.717, 1.165) is 17.7 Å². The molecule has 0 aliphatic rings. The summed E-state index contributed by atoms with van der Waals surface area (Å²) in [5.41, 5.74) is 0.992. The highest BCUT2D eigenvalue weighted by molar-refractivity contribution is 7.79. The minimum Gasteiger partial charge on any atom is -0.772 e. The van der Waals surface area contributed by atoms with Crippen molar-refractivity contribution in [2.24, 2.45) is 0 Å². The average Bonchev–Trinajstić information content (AvgIpc) is 2.64. The summed E-state index contributed by atoms with van der Waals surface area (Å²) in [6.45, 7) is 1.73. The fraction of sp³-hybridized carbons (Fsp3) is 0.263.